The molecule has 1 heterocycles. The van der Waals surface area contributed by atoms with Gasteiger partial charge in [-0.25, -0.2) is 8.42 Å². The van der Waals surface area contributed by atoms with Crippen LogP contribution in [0.25, 0.3) is 0 Å². The maximum absolute atomic E-state index is 12.3. The summed E-state index contributed by atoms with van der Waals surface area (Å²) in [5, 5.41) is 13.5. The molecule has 1 aromatic heterocycles. The van der Waals surface area contributed by atoms with Crippen LogP contribution in [-0.4, -0.2) is 42.7 Å². The van der Waals surface area contributed by atoms with Crippen molar-refractivity contribution in [3.63, 3.8) is 0 Å². The van der Waals surface area contributed by atoms with Crippen molar-refractivity contribution in [2.45, 2.75) is 37.7 Å². The number of aliphatic hydroxyl groups is 1. The molecule has 1 unspecified atom stereocenters. The predicted octanol–water partition coefficient (Wildman–Crippen LogP) is 0.683. The second-order valence-electron chi connectivity index (χ2n) is 4.84. The van der Waals surface area contributed by atoms with Crippen LogP contribution < -0.4 is 0 Å². The first-order valence-electron chi connectivity index (χ1n) is 5.91. The van der Waals surface area contributed by atoms with Crippen LogP contribution in [0.15, 0.2) is 9.42 Å². The van der Waals surface area contributed by atoms with Crippen molar-refractivity contribution in [1.82, 2.24) is 9.46 Å². The van der Waals surface area contributed by atoms with Gasteiger partial charge in [-0.05, 0) is 32.6 Å². The lowest BCUT2D eigenvalue weighted by atomic mass is 10.2. The highest BCUT2D eigenvalue weighted by Crippen LogP contribution is 2.33. The number of aryl methyl sites for hydroxylation is 2. The Morgan fingerprint density at radius 2 is 2.11 bits per heavy atom. The molecule has 102 valence electrons. The van der Waals surface area contributed by atoms with Gasteiger partial charge in [0.2, 0.25) is 10.0 Å². The molecule has 0 amide bonds. The molecule has 0 saturated heterocycles. The second-order valence-corrected chi connectivity index (χ2v) is 6.83. The maximum atomic E-state index is 12.3. The SMILES string of the molecule is Cc1noc(C)c1S(=O)(=O)N(C)CC(O)C1CC1. The largest absolute Gasteiger partial charge is 0.391 e. The van der Waals surface area contributed by atoms with Gasteiger partial charge in [0.25, 0.3) is 0 Å². The normalized spacial score (nSPS) is 18.3. The molecule has 0 radical (unpaired) electrons. The van der Waals surface area contributed by atoms with Gasteiger partial charge in [0.1, 0.15) is 10.6 Å². The van der Waals surface area contributed by atoms with E-state index in [1.807, 2.05) is 0 Å². The van der Waals surface area contributed by atoms with Crippen molar-refractivity contribution in [3.05, 3.63) is 11.5 Å². The molecule has 1 aromatic rings. The first-order valence-corrected chi connectivity index (χ1v) is 7.35. The van der Waals surface area contributed by atoms with Gasteiger partial charge >= 0.3 is 0 Å². The van der Waals surface area contributed by atoms with Crippen LogP contribution >= 0.6 is 0 Å². The fraction of sp³-hybridized carbons (Fsp3) is 0.727. The molecule has 0 spiro atoms. The Kier molecular flexibility index (Phi) is 3.48. The van der Waals surface area contributed by atoms with E-state index in [9.17, 15) is 13.5 Å². The average molecular weight is 274 g/mol. The number of hydrogen-bond acceptors (Lipinski definition) is 5. The monoisotopic (exact) mass is 274 g/mol. The van der Waals surface area contributed by atoms with E-state index in [1.165, 1.54) is 11.4 Å². The quantitative estimate of drug-likeness (QED) is 0.853. The van der Waals surface area contributed by atoms with Crippen LogP contribution in [0.1, 0.15) is 24.3 Å². The van der Waals surface area contributed by atoms with Gasteiger partial charge in [-0.1, -0.05) is 5.16 Å². The minimum Gasteiger partial charge on any atom is -0.391 e. The third-order valence-electron chi connectivity index (χ3n) is 3.25. The smallest absolute Gasteiger partial charge is 0.248 e. The molecule has 1 fully saturated rings. The summed E-state index contributed by atoms with van der Waals surface area (Å²) in [7, 11) is -2.18. The number of sulfonamides is 1. The Morgan fingerprint density at radius 1 is 1.50 bits per heavy atom. The number of aromatic nitrogens is 1. The lowest BCUT2D eigenvalue weighted by Gasteiger charge is -2.20. The minimum atomic E-state index is -3.64. The molecule has 0 aromatic carbocycles. The van der Waals surface area contributed by atoms with Crippen molar-refractivity contribution in [2.24, 2.45) is 5.92 Å². The third-order valence-corrected chi connectivity index (χ3v) is 5.31. The van der Waals surface area contributed by atoms with E-state index in [2.05, 4.69) is 5.16 Å². The molecule has 7 heteroatoms. The highest BCUT2D eigenvalue weighted by Gasteiger charge is 2.35. The molecule has 1 atom stereocenters. The number of nitrogens with zero attached hydrogens (tertiary/aromatic N) is 2. The summed E-state index contributed by atoms with van der Waals surface area (Å²) in [6.45, 7) is 3.27. The molecular formula is C11H18N2O4S. The van der Waals surface area contributed by atoms with Gasteiger partial charge in [0.05, 0.1) is 6.10 Å². The average Bonchev–Trinajstić information content (AvgIpc) is 3.05. The Labute approximate surface area is 107 Å². The van der Waals surface area contributed by atoms with E-state index < -0.39 is 16.1 Å². The topological polar surface area (TPSA) is 83.6 Å². The molecule has 1 aliphatic rings. The zero-order valence-corrected chi connectivity index (χ0v) is 11.6. The van der Waals surface area contributed by atoms with E-state index in [0.29, 0.717) is 5.69 Å². The second kappa shape index (κ2) is 4.64. The van der Waals surface area contributed by atoms with Crippen LogP contribution in [0.3, 0.4) is 0 Å². The summed E-state index contributed by atoms with van der Waals surface area (Å²) in [5.41, 5.74) is 0.347. The van der Waals surface area contributed by atoms with Crippen molar-refractivity contribution < 1.29 is 18.0 Å². The molecule has 1 saturated carbocycles. The van der Waals surface area contributed by atoms with Crippen LogP contribution in [0.4, 0.5) is 0 Å². The van der Waals surface area contributed by atoms with Crippen molar-refractivity contribution in [1.29, 1.82) is 0 Å². The molecule has 0 bridgehead atoms. The van der Waals surface area contributed by atoms with E-state index in [-0.39, 0.29) is 23.1 Å². The van der Waals surface area contributed by atoms with E-state index in [1.54, 1.807) is 13.8 Å². The fourth-order valence-electron chi connectivity index (χ4n) is 1.99. The first kappa shape index (κ1) is 13.5. The molecular weight excluding hydrogens is 256 g/mol. The molecule has 18 heavy (non-hydrogen) atoms. The summed E-state index contributed by atoms with van der Waals surface area (Å²) in [6, 6.07) is 0. The van der Waals surface area contributed by atoms with Gasteiger partial charge in [-0.15, -0.1) is 0 Å². The lowest BCUT2D eigenvalue weighted by molar-refractivity contribution is 0.131. The molecule has 0 aliphatic heterocycles. The maximum Gasteiger partial charge on any atom is 0.248 e. The molecule has 1 aliphatic carbocycles. The Hall–Kier alpha value is -0.920. The summed E-state index contributed by atoms with van der Waals surface area (Å²) in [6.07, 6.45) is 1.35. The minimum absolute atomic E-state index is 0.105. The zero-order valence-electron chi connectivity index (χ0n) is 10.8. The lowest BCUT2D eigenvalue weighted by Crippen LogP contribution is -2.35. The van der Waals surface area contributed by atoms with Crippen LogP contribution in [0.2, 0.25) is 0 Å². The van der Waals surface area contributed by atoms with Gasteiger partial charge in [-0.3, -0.25) is 0 Å². The number of likely N-dealkylation sites (N-methyl/N-ethyl adjacent to an activating group) is 1. The van der Waals surface area contributed by atoms with Crippen molar-refractivity contribution >= 4 is 10.0 Å². The summed E-state index contributed by atoms with van der Waals surface area (Å²) in [5.74, 6) is 0.521. The fourth-order valence-corrected chi connectivity index (χ4v) is 3.46. The van der Waals surface area contributed by atoms with Crippen molar-refractivity contribution in [3.8, 4) is 0 Å². The van der Waals surface area contributed by atoms with E-state index >= 15 is 0 Å². The molecule has 6 nitrogen and oxygen atoms in total. The highest BCUT2D eigenvalue weighted by atomic mass is 32.2. The van der Waals surface area contributed by atoms with Crippen LogP contribution in [-0.2, 0) is 10.0 Å². The Bertz CT molecular complexity index is 514. The third kappa shape index (κ3) is 2.43. The van der Waals surface area contributed by atoms with Gasteiger partial charge in [0.15, 0.2) is 5.76 Å². The van der Waals surface area contributed by atoms with E-state index in [4.69, 9.17) is 4.52 Å². The van der Waals surface area contributed by atoms with Crippen LogP contribution in [0.5, 0.6) is 0 Å². The number of rotatable bonds is 5. The van der Waals surface area contributed by atoms with Gasteiger partial charge < -0.3 is 9.63 Å². The highest BCUT2D eigenvalue weighted by molar-refractivity contribution is 7.89. The van der Waals surface area contributed by atoms with Gasteiger partial charge in [-0.2, -0.15) is 4.31 Å². The molecule has 2 rings (SSSR count). The standard InChI is InChI=1S/C11H18N2O4S/c1-7-11(8(2)17-12-7)18(15,16)13(3)6-10(14)9-4-5-9/h9-10,14H,4-6H2,1-3H3. The van der Waals surface area contributed by atoms with Crippen molar-refractivity contribution in [2.75, 3.05) is 13.6 Å². The van der Waals surface area contributed by atoms with E-state index in [0.717, 1.165) is 12.8 Å². The summed E-state index contributed by atoms with van der Waals surface area (Å²) in [4.78, 5) is 0.105. The molecule has 1 N–H and O–H groups in total. The zero-order chi connectivity index (χ0) is 13.5. The Balaban J connectivity index is 2.19. The Morgan fingerprint density at radius 3 is 2.56 bits per heavy atom. The first-order chi connectivity index (χ1) is 8.34. The summed E-state index contributed by atoms with van der Waals surface area (Å²) < 4.78 is 30.7. The van der Waals surface area contributed by atoms with Crippen LogP contribution in [0, 0.1) is 19.8 Å². The number of hydrogen-bond donors (Lipinski definition) is 1. The van der Waals surface area contributed by atoms with Gasteiger partial charge in [0, 0.05) is 13.6 Å². The predicted molar refractivity (Wildman–Crippen MR) is 64.5 cm³/mol. The number of aliphatic hydroxyl groups excluding tert-OH is 1. The summed E-state index contributed by atoms with van der Waals surface area (Å²) >= 11 is 0.